The van der Waals surface area contributed by atoms with Gasteiger partial charge in [0.1, 0.15) is 11.6 Å². The first kappa shape index (κ1) is 26.2. The van der Waals surface area contributed by atoms with Crippen molar-refractivity contribution in [1.29, 1.82) is 0 Å². The van der Waals surface area contributed by atoms with E-state index < -0.39 is 11.5 Å². The average molecular weight is 563 g/mol. The Balaban J connectivity index is 1.43. The Morgan fingerprint density at radius 3 is 2.62 bits per heavy atom. The molecule has 6 aromatic rings. The number of fused-ring (bicyclic) bond motifs is 4. The van der Waals surface area contributed by atoms with Gasteiger partial charge in [0.25, 0.3) is 5.91 Å². The SMILES string of the molecule is CN1CCC(O)(CNc2c(C(N)=O)cccc2-n2c3ccccc3c3c(-c4nc5ccc(F)cc5[nH]4)cccc32)CC1. The summed E-state index contributed by atoms with van der Waals surface area (Å²) in [5.41, 5.74) is 10.7. The number of carbonyl (C=O) groups excluding carboxylic acids is 1. The number of amides is 1. The van der Waals surface area contributed by atoms with Crippen molar-refractivity contribution in [2.75, 3.05) is 32.0 Å². The highest BCUT2D eigenvalue weighted by Crippen LogP contribution is 2.40. The molecule has 2 aromatic heterocycles. The molecule has 3 heterocycles. The number of primary amides is 1. The van der Waals surface area contributed by atoms with Crippen LogP contribution < -0.4 is 11.1 Å². The first-order valence-corrected chi connectivity index (χ1v) is 14.1. The molecule has 1 aliphatic heterocycles. The number of carbonyl (C=O) groups is 1. The fourth-order valence-electron chi connectivity index (χ4n) is 6.17. The summed E-state index contributed by atoms with van der Waals surface area (Å²) in [5.74, 6) is -0.240. The maximum Gasteiger partial charge on any atom is 0.250 e. The molecular weight excluding hydrogens is 531 g/mol. The topological polar surface area (TPSA) is 112 Å². The number of rotatable bonds is 6. The van der Waals surface area contributed by atoms with E-state index in [2.05, 4.69) is 25.8 Å². The fourth-order valence-corrected chi connectivity index (χ4v) is 6.17. The van der Waals surface area contributed by atoms with Crippen LogP contribution in [0.5, 0.6) is 0 Å². The van der Waals surface area contributed by atoms with Crippen LogP contribution >= 0.6 is 0 Å². The number of imidazole rings is 1. The number of aromatic nitrogens is 3. The van der Waals surface area contributed by atoms with Gasteiger partial charge in [0.05, 0.1) is 44.6 Å². The Kier molecular flexibility index (Phi) is 6.22. The summed E-state index contributed by atoms with van der Waals surface area (Å²) in [5, 5.41) is 16.7. The minimum Gasteiger partial charge on any atom is -0.388 e. The van der Waals surface area contributed by atoms with Gasteiger partial charge in [-0.3, -0.25) is 4.79 Å². The Bertz CT molecular complexity index is 1990. The third-order valence-electron chi connectivity index (χ3n) is 8.46. The number of nitrogens with one attached hydrogen (secondary N) is 2. The van der Waals surface area contributed by atoms with Crippen LogP contribution in [0, 0.1) is 5.82 Å². The van der Waals surface area contributed by atoms with Crippen LogP contribution in [0.1, 0.15) is 23.2 Å². The summed E-state index contributed by atoms with van der Waals surface area (Å²) < 4.78 is 16.1. The molecule has 0 aliphatic carbocycles. The first-order valence-electron chi connectivity index (χ1n) is 14.1. The molecule has 42 heavy (non-hydrogen) atoms. The molecule has 1 aliphatic rings. The molecule has 0 spiro atoms. The first-order chi connectivity index (χ1) is 20.3. The second-order valence-electron chi connectivity index (χ2n) is 11.2. The van der Waals surface area contributed by atoms with Gasteiger partial charge >= 0.3 is 0 Å². The van der Waals surface area contributed by atoms with E-state index in [1.165, 1.54) is 12.1 Å². The molecule has 212 valence electrons. The van der Waals surface area contributed by atoms with Crippen molar-refractivity contribution in [2.24, 2.45) is 5.73 Å². The number of benzene rings is 4. The molecule has 5 N–H and O–H groups in total. The Labute approximate surface area is 241 Å². The smallest absolute Gasteiger partial charge is 0.250 e. The highest BCUT2D eigenvalue weighted by molar-refractivity contribution is 6.16. The van der Waals surface area contributed by atoms with E-state index in [0.717, 1.165) is 46.1 Å². The molecule has 1 saturated heterocycles. The van der Waals surface area contributed by atoms with Gasteiger partial charge in [-0.2, -0.15) is 0 Å². The van der Waals surface area contributed by atoms with Crippen LogP contribution in [0.25, 0.3) is 49.9 Å². The van der Waals surface area contributed by atoms with Crippen LogP contribution in [0.4, 0.5) is 10.1 Å². The zero-order valence-electron chi connectivity index (χ0n) is 23.2. The quantitative estimate of drug-likeness (QED) is 0.216. The molecule has 0 radical (unpaired) electrons. The maximum atomic E-state index is 13.9. The van der Waals surface area contributed by atoms with Crippen LogP contribution in [-0.4, -0.2) is 62.7 Å². The van der Waals surface area contributed by atoms with Crippen molar-refractivity contribution in [3.8, 4) is 17.1 Å². The van der Waals surface area contributed by atoms with Crippen molar-refractivity contribution < 1.29 is 14.3 Å². The Morgan fingerprint density at radius 1 is 1.05 bits per heavy atom. The number of aliphatic hydroxyl groups is 1. The highest BCUT2D eigenvalue weighted by atomic mass is 19.1. The number of nitrogens with two attached hydrogens (primary N) is 1. The van der Waals surface area contributed by atoms with E-state index in [0.29, 0.717) is 41.0 Å². The third-order valence-corrected chi connectivity index (χ3v) is 8.46. The predicted octanol–water partition coefficient (Wildman–Crippen LogP) is 5.43. The normalized spacial score (nSPS) is 15.5. The monoisotopic (exact) mass is 562 g/mol. The molecule has 0 unspecified atom stereocenters. The van der Waals surface area contributed by atoms with Crippen molar-refractivity contribution in [1.82, 2.24) is 19.4 Å². The number of hydrogen-bond donors (Lipinski definition) is 4. The number of halogens is 1. The van der Waals surface area contributed by atoms with E-state index in [1.54, 1.807) is 12.1 Å². The second-order valence-corrected chi connectivity index (χ2v) is 11.2. The molecule has 4 aromatic carbocycles. The van der Waals surface area contributed by atoms with Gasteiger partial charge in [0.2, 0.25) is 0 Å². The summed E-state index contributed by atoms with van der Waals surface area (Å²) in [6.45, 7) is 1.88. The summed E-state index contributed by atoms with van der Waals surface area (Å²) >= 11 is 0. The minimum absolute atomic E-state index is 0.288. The lowest BCUT2D eigenvalue weighted by Gasteiger charge is -2.37. The number of aromatic amines is 1. The summed E-state index contributed by atoms with van der Waals surface area (Å²) in [6, 6.07) is 24.1. The van der Waals surface area contributed by atoms with Gasteiger partial charge < -0.3 is 30.6 Å². The molecule has 0 atom stereocenters. The van der Waals surface area contributed by atoms with E-state index in [9.17, 15) is 14.3 Å². The van der Waals surface area contributed by atoms with Crippen LogP contribution in [0.15, 0.2) is 78.9 Å². The number of anilines is 1. The van der Waals surface area contributed by atoms with Gasteiger partial charge in [0.15, 0.2) is 0 Å². The van der Waals surface area contributed by atoms with Gasteiger partial charge in [0, 0.05) is 36.0 Å². The lowest BCUT2D eigenvalue weighted by molar-refractivity contribution is -0.00404. The van der Waals surface area contributed by atoms with Crippen LogP contribution in [-0.2, 0) is 0 Å². The van der Waals surface area contributed by atoms with Crippen molar-refractivity contribution >= 4 is 44.4 Å². The largest absolute Gasteiger partial charge is 0.388 e. The molecule has 0 saturated carbocycles. The van der Waals surface area contributed by atoms with Crippen molar-refractivity contribution in [3.63, 3.8) is 0 Å². The number of para-hydroxylation sites is 2. The number of nitrogens with zero attached hydrogens (tertiary/aromatic N) is 3. The molecule has 8 nitrogen and oxygen atoms in total. The van der Waals surface area contributed by atoms with Gasteiger partial charge in [-0.1, -0.05) is 36.4 Å². The van der Waals surface area contributed by atoms with Crippen molar-refractivity contribution in [2.45, 2.75) is 18.4 Å². The lowest BCUT2D eigenvalue weighted by atomic mass is 9.91. The fraction of sp³-hybridized carbons (Fsp3) is 0.212. The van der Waals surface area contributed by atoms with Crippen molar-refractivity contribution in [3.05, 3.63) is 90.2 Å². The van der Waals surface area contributed by atoms with E-state index in [4.69, 9.17) is 10.7 Å². The molecule has 9 heteroatoms. The van der Waals surface area contributed by atoms with Crippen LogP contribution in [0.3, 0.4) is 0 Å². The maximum absolute atomic E-state index is 13.9. The van der Waals surface area contributed by atoms with Gasteiger partial charge in [-0.05, 0) is 62.4 Å². The molecular formula is C33H31FN6O2. The molecule has 1 amide bonds. The number of piperidine rings is 1. The Hall–Kier alpha value is -4.73. The predicted molar refractivity (Wildman–Crippen MR) is 165 cm³/mol. The molecule has 0 bridgehead atoms. The van der Waals surface area contributed by atoms with Gasteiger partial charge in [-0.25, -0.2) is 9.37 Å². The molecule has 1 fully saturated rings. The summed E-state index contributed by atoms with van der Waals surface area (Å²) in [7, 11) is 2.05. The number of H-pyrrole nitrogens is 1. The van der Waals surface area contributed by atoms with E-state index >= 15 is 0 Å². The zero-order chi connectivity index (χ0) is 29.0. The average Bonchev–Trinajstić information content (AvgIpc) is 3.56. The van der Waals surface area contributed by atoms with E-state index in [-0.39, 0.29) is 12.4 Å². The Morgan fingerprint density at radius 2 is 1.81 bits per heavy atom. The standard InChI is InChI=1S/C33H31FN6O2/c1-39-16-14-33(42,15-17-39)19-36-30-23(31(35)41)8-5-11-28(30)40-26-9-3-2-6-21(26)29-22(7-4-10-27(29)40)32-37-24-13-12-20(34)18-25(24)38-32/h2-13,18,36,42H,14-17,19H2,1H3,(H2,35,41)(H,37,38). The zero-order valence-corrected chi connectivity index (χ0v) is 23.2. The second kappa shape index (κ2) is 9.97. The summed E-state index contributed by atoms with van der Waals surface area (Å²) in [4.78, 5) is 22.9. The highest BCUT2D eigenvalue weighted by Gasteiger charge is 2.32. The van der Waals surface area contributed by atoms with E-state index in [1.807, 2.05) is 55.6 Å². The third kappa shape index (κ3) is 4.38. The number of hydrogen-bond acceptors (Lipinski definition) is 5. The number of likely N-dealkylation sites (tertiary alicyclic amines) is 1. The lowest BCUT2D eigenvalue weighted by Crippen LogP contribution is -2.47. The van der Waals surface area contributed by atoms with Crippen LogP contribution in [0.2, 0.25) is 0 Å². The summed E-state index contributed by atoms with van der Waals surface area (Å²) in [6.07, 6.45) is 1.26. The van der Waals surface area contributed by atoms with Gasteiger partial charge in [-0.15, -0.1) is 0 Å². The molecule has 7 rings (SSSR count). The minimum atomic E-state index is -0.900.